The zero-order valence-corrected chi connectivity index (χ0v) is 29.0. The van der Waals surface area contributed by atoms with Crippen molar-refractivity contribution in [3.05, 3.63) is 58.7 Å². The number of benzene rings is 2. The van der Waals surface area contributed by atoms with Gasteiger partial charge >= 0.3 is 24.1 Å². The second kappa shape index (κ2) is 14.0. The van der Waals surface area contributed by atoms with Crippen molar-refractivity contribution in [2.24, 2.45) is 17.3 Å². The van der Waals surface area contributed by atoms with Gasteiger partial charge in [0.1, 0.15) is 5.75 Å². The third-order valence-electron chi connectivity index (χ3n) is 10.9. The van der Waals surface area contributed by atoms with Gasteiger partial charge in [-0.3, -0.25) is 0 Å². The van der Waals surface area contributed by atoms with Crippen LogP contribution < -0.4 is 4.74 Å². The normalized spacial score (nSPS) is 26.9. The van der Waals surface area contributed by atoms with E-state index in [1.165, 1.54) is 11.1 Å². The molecule has 0 spiro atoms. The summed E-state index contributed by atoms with van der Waals surface area (Å²) in [6.45, 7) is 2.47. The average Bonchev–Trinajstić information content (AvgIpc) is 3.32. The van der Waals surface area contributed by atoms with Crippen LogP contribution in [0, 0.1) is 24.2 Å². The Morgan fingerprint density at radius 2 is 1.58 bits per heavy atom. The van der Waals surface area contributed by atoms with Gasteiger partial charge in [0.05, 0.1) is 24.2 Å². The van der Waals surface area contributed by atoms with Gasteiger partial charge in [-0.2, -0.15) is 39.5 Å². The lowest BCUT2D eigenvalue weighted by molar-refractivity contribution is -0.457. The minimum absolute atomic E-state index is 0.218. The number of aryl methyl sites for hydroxylation is 2. The Morgan fingerprint density at radius 1 is 0.900 bits per heavy atom. The topological polar surface area (TPSA) is 65.0 Å². The van der Waals surface area contributed by atoms with E-state index in [1.54, 1.807) is 12.1 Å². The first-order valence-electron chi connectivity index (χ1n) is 16.4. The molecular weight excluding hydrogens is 723 g/mol. The summed E-state index contributed by atoms with van der Waals surface area (Å²) in [6.07, 6.45) is -16.0. The largest absolute Gasteiger partial charge is 0.493 e. The maximum absolute atomic E-state index is 13.1. The quantitative estimate of drug-likeness (QED) is 0.182. The molecule has 2 fully saturated rings. The van der Waals surface area contributed by atoms with E-state index in [4.69, 9.17) is 20.7 Å². The monoisotopic (exact) mass is 762 g/mol. The second-order valence-electron chi connectivity index (χ2n) is 13.8. The zero-order chi connectivity index (χ0) is 36.9. The SMILES string of the molecule is Cc1ccc(S(=O)(O)=S)c(CCOc2ccc3c(c2)CCC2C3CC[C@@]3(C)C2CC[C@@H]3OCCCOC(C(F)(F)F)(C(F)(F)F)C(F)(F)F)c1. The molecule has 1 N–H and O–H groups in total. The van der Waals surface area contributed by atoms with Crippen molar-refractivity contribution in [2.75, 3.05) is 19.8 Å². The summed E-state index contributed by atoms with van der Waals surface area (Å²) in [6, 6.07) is 11.2. The molecule has 0 heterocycles. The highest BCUT2D eigenvalue weighted by Gasteiger charge is 2.85. The molecule has 2 aromatic carbocycles. The van der Waals surface area contributed by atoms with Crippen molar-refractivity contribution in [1.29, 1.82) is 0 Å². The predicted molar refractivity (Wildman–Crippen MR) is 169 cm³/mol. The molecule has 6 atom stereocenters. The van der Waals surface area contributed by atoms with E-state index in [-0.39, 0.29) is 41.5 Å². The molecule has 0 aliphatic heterocycles. The molecule has 0 radical (unpaired) electrons. The summed E-state index contributed by atoms with van der Waals surface area (Å²) in [4.78, 5) is 0.218. The van der Waals surface area contributed by atoms with E-state index in [1.807, 2.05) is 25.1 Å². The first kappa shape index (κ1) is 39.1. The van der Waals surface area contributed by atoms with Gasteiger partial charge in [-0.05, 0) is 110 Å². The molecule has 0 bridgehead atoms. The smallest absolute Gasteiger partial charge is 0.435 e. The van der Waals surface area contributed by atoms with Crippen LogP contribution in [-0.2, 0) is 42.3 Å². The summed E-state index contributed by atoms with van der Waals surface area (Å²) in [7, 11) is -3.55. The molecule has 0 aromatic heterocycles. The van der Waals surface area contributed by atoms with Crippen LogP contribution in [0.3, 0.4) is 0 Å². The zero-order valence-electron chi connectivity index (χ0n) is 27.4. The van der Waals surface area contributed by atoms with Crippen molar-refractivity contribution in [3.63, 3.8) is 0 Å². The highest BCUT2D eigenvalue weighted by atomic mass is 32.8. The summed E-state index contributed by atoms with van der Waals surface area (Å²) in [5.41, 5.74) is -2.54. The molecular formula is C34H39F9O5S2. The van der Waals surface area contributed by atoms with Crippen molar-refractivity contribution in [3.8, 4) is 5.75 Å². The van der Waals surface area contributed by atoms with E-state index in [9.17, 15) is 48.3 Å². The number of alkyl halides is 9. The van der Waals surface area contributed by atoms with Gasteiger partial charge in [0.25, 0.3) is 0 Å². The fourth-order valence-corrected chi connectivity index (χ4v) is 9.77. The molecule has 2 aromatic rings. The van der Waals surface area contributed by atoms with Crippen LogP contribution in [0.5, 0.6) is 5.75 Å². The van der Waals surface area contributed by atoms with Crippen LogP contribution >= 0.6 is 0 Å². The highest BCUT2D eigenvalue weighted by Crippen LogP contribution is 2.62. The van der Waals surface area contributed by atoms with E-state index in [0.717, 1.165) is 37.7 Å². The van der Waals surface area contributed by atoms with Crippen molar-refractivity contribution in [2.45, 2.75) is 106 Å². The molecule has 3 aliphatic carbocycles. The summed E-state index contributed by atoms with van der Waals surface area (Å²) < 4.78 is 156. The fraction of sp³-hybridized carbons (Fsp3) is 0.647. The van der Waals surface area contributed by atoms with Crippen molar-refractivity contribution < 1.29 is 62.5 Å². The number of ether oxygens (including phenoxy) is 3. The molecule has 16 heteroatoms. The van der Waals surface area contributed by atoms with Crippen molar-refractivity contribution >= 4 is 20.0 Å². The number of rotatable bonds is 11. The Morgan fingerprint density at radius 3 is 2.22 bits per heavy atom. The van der Waals surface area contributed by atoms with Crippen LogP contribution in [0.4, 0.5) is 39.5 Å². The Bertz CT molecular complexity index is 1600. The van der Waals surface area contributed by atoms with E-state index in [0.29, 0.717) is 30.1 Å². The van der Waals surface area contributed by atoms with Gasteiger partial charge in [0, 0.05) is 24.2 Å². The summed E-state index contributed by atoms with van der Waals surface area (Å²) in [5.74, 6) is 1.58. The fourth-order valence-electron chi connectivity index (χ4n) is 8.55. The Labute approximate surface area is 289 Å². The number of hydrogen-bond acceptors (Lipinski definition) is 5. The second-order valence-corrected chi connectivity index (χ2v) is 16.6. The third-order valence-corrected chi connectivity index (χ3v) is 12.4. The lowest BCUT2D eigenvalue weighted by Gasteiger charge is -2.50. The van der Waals surface area contributed by atoms with Gasteiger partial charge < -0.3 is 18.8 Å². The highest BCUT2D eigenvalue weighted by molar-refractivity contribution is 8.29. The Balaban J connectivity index is 1.17. The average molecular weight is 763 g/mol. The van der Waals surface area contributed by atoms with Gasteiger partial charge in [-0.1, -0.05) is 30.7 Å². The molecule has 0 saturated heterocycles. The maximum Gasteiger partial charge on any atom is 0.435 e. The van der Waals surface area contributed by atoms with Gasteiger partial charge in [-0.25, -0.2) is 4.21 Å². The van der Waals surface area contributed by atoms with Crippen LogP contribution in [0.15, 0.2) is 41.3 Å². The van der Waals surface area contributed by atoms with Crippen LogP contribution in [0.2, 0.25) is 0 Å². The van der Waals surface area contributed by atoms with E-state index >= 15 is 0 Å². The predicted octanol–water partition coefficient (Wildman–Crippen LogP) is 9.27. The van der Waals surface area contributed by atoms with Gasteiger partial charge in [0.2, 0.25) is 0 Å². The molecule has 280 valence electrons. The Hall–Kier alpha value is -2.14. The van der Waals surface area contributed by atoms with Crippen molar-refractivity contribution in [1.82, 2.24) is 0 Å². The number of hydrogen-bond donors (Lipinski definition) is 1. The lowest BCUT2D eigenvalue weighted by Crippen LogP contribution is -2.67. The minimum Gasteiger partial charge on any atom is -0.493 e. The van der Waals surface area contributed by atoms with Crippen LogP contribution in [0.25, 0.3) is 0 Å². The standard InChI is InChI=1S/C34H39F9O5S2/c1-20-4-10-28(50(44,45)49)22(18-20)13-17-46-23-6-8-24-21(19-23)5-7-26-25(24)12-14-30(2)27(26)9-11-29(30)47-15-3-16-48-31(32(35,36)37,33(38,39)40)34(41,42)43/h4,6,8,10,18-19,25-27,29H,3,5,7,9,11-17H2,1-2H3,(H,44,45,49)/t25?,26?,27?,29-,30-/m0/s1. The molecule has 4 unspecified atom stereocenters. The van der Waals surface area contributed by atoms with Crippen LogP contribution in [-0.4, -0.2) is 58.8 Å². The third kappa shape index (κ3) is 7.38. The molecule has 2 saturated carbocycles. The van der Waals surface area contributed by atoms with Gasteiger partial charge in [-0.15, -0.1) is 0 Å². The first-order chi connectivity index (χ1) is 23.1. The van der Waals surface area contributed by atoms with E-state index in [2.05, 4.69) is 17.7 Å². The number of halogens is 9. The maximum atomic E-state index is 13.1. The number of fused-ring (bicyclic) bond motifs is 5. The minimum atomic E-state index is -6.76. The first-order valence-corrected chi connectivity index (χ1v) is 18.8. The lowest BCUT2D eigenvalue weighted by atomic mass is 9.55. The van der Waals surface area contributed by atoms with Crippen LogP contribution in [0.1, 0.15) is 73.6 Å². The molecule has 3 aliphatic rings. The summed E-state index contributed by atoms with van der Waals surface area (Å²) in [5, 5.41) is 0. The Kier molecular flexibility index (Phi) is 11.0. The molecule has 0 amide bonds. The molecule has 50 heavy (non-hydrogen) atoms. The van der Waals surface area contributed by atoms with Gasteiger partial charge in [0.15, 0.2) is 8.77 Å². The van der Waals surface area contributed by atoms with E-state index < -0.39 is 45.9 Å². The molecule has 5 rings (SSSR count). The summed E-state index contributed by atoms with van der Waals surface area (Å²) >= 11 is 4.79. The molecule has 5 nitrogen and oxygen atoms in total.